The molecule has 2 heterocycles. The van der Waals surface area contributed by atoms with Crippen LogP contribution in [0.1, 0.15) is 36.9 Å². The van der Waals surface area contributed by atoms with Gasteiger partial charge < -0.3 is 31.1 Å². The van der Waals surface area contributed by atoms with Crippen LogP contribution < -0.4 is 16.4 Å². The first kappa shape index (κ1) is 23.6. The van der Waals surface area contributed by atoms with Crippen molar-refractivity contribution in [1.29, 1.82) is 0 Å². The van der Waals surface area contributed by atoms with Crippen LogP contribution >= 0.6 is 0 Å². The van der Waals surface area contributed by atoms with Crippen molar-refractivity contribution in [2.45, 2.75) is 50.9 Å². The number of aromatic nitrogens is 3. The van der Waals surface area contributed by atoms with Gasteiger partial charge >= 0.3 is 0 Å². The summed E-state index contributed by atoms with van der Waals surface area (Å²) in [5.41, 5.74) is 9.23. The number of aliphatic hydroxyl groups is 2. The van der Waals surface area contributed by atoms with E-state index < -0.39 is 12.2 Å². The standard InChI is InChI=1S/C25H36N6O2/c1-2-18-15-31(25-21(18)24(26)29-16-30-25)20-13-19(22(32)23(20)33)14-28-11-6-10-27-12-9-17-7-4-3-5-8-17/h3-5,7-8,15-16,19-20,22-23,27-28,32-33H,2,6,9-14H2,1H3,(H2,26,29,30)/t19-,20-,22-,23+/m0/s1. The predicted octanol–water partition coefficient (Wildman–Crippen LogP) is 1.67. The smallest absolute Gasteiger partial charge is 0.146 e. The van der Waals surface area contributed by atoms with Crippen LogP contribution in [0.15, 0.2) is 42.9 Å². The zero-order valence-electron chi connectivity index (χ0n) is 19.3. The highest BCUT2D eigenvalue weighted by Gasteiger charge is 2.42. The molecular formula is C25H36N6O2. The lowest BCUT2D eigenvalue weighted by atomic mass is 10.1. The molecule has 33 heavy (non-hydrogen) atoms. The fourth-order valence-electron chi connectivity index (χ4n) is 4.91. The van der Waals surface area contributed by atoms with E-state index in [4.69, 9.17) is 5.73 Å². The highest BCUT2D eigenvalue weighted by Crippen LogP contribution is 2.38. The van der Waals surface area contributed by atoms with Gasteiger partial charge in [0.25, 0.3) is 0 Å². The Balaban J connectivity index is 1.24. The molecule has 4 atom stereocenters. The molecule has 3 aromatic rings. The van der Waals surface area contributed by atoms with Crippen molar-refractivity contribution in [3.8, 4) is 0 Å². The Hall–Kier alpha value is -2.52. The Morgan fingerprint density at radius 1 is 1.06 bits per heavy atom. The average Bonchev–Trinajstić information content (AvgIpc) is 3.34. The number of rotatable bonds is 11. The lowest BCUT2D eigenvalue weighted by molar-refractivity contribution is 0.00692. The molecule has 8 nitrogen and oxygen atoms in total. The van der Waals surface area contributed by atoms with E-state index in [2.05, 4.69) is 51.8 Å². The van der Waals surface area contributed by atoms with Gasteiger partial charge in [-0.3, -0.25) is 0 Å². The van der Waals surface area contributed by atoms with Gasteiger partial charge in [-0.2, -0.15) is 0 Å². The topological polar surface area (TPSA) is 121 Å². The van der Waals surface area contributed by atoms with Crippen LogP contribution in [-0.4, -0.2) is 63.1 Å². The van der Waals surface area contributed by atoms with Crippen molar-refractivity contribution in [3.63, 3.8) is 0 Å². The highest BCUT2D eigenvalue weighted by atomic mass is 16.3. The Labute approximate surface area is 195 Å². The van der Waals surface area contributed by atoms with Crippen LogP contribution in [0.2, 0.25) is 0 Å². The second kappa shape index (κ2) is 11.1. The maximum absolute atomic E-state index is 10.8. The Morgan fingerprint density at radius 2 is 1.85 bits per heavy atom. The first-order valence-corrected chi connectivity index (χ1v) is 12.0. The van der Waals surface area contributed by atoms with Gasteiger partial charge in [-0.15, -0.1) is 0 Å². The fourth-order valence-corrected chi connectivity index (χ4v) is 4.91. The third kappa shape index (κ3) is 5.35. The van der Waals surface area contributed by atoms with Gasteiger partial charge in [-0.05, 0) is 56.4 Å². The molecule has 178 valence electrons. The monoisotopic (exact) mass is 452 g/mol. The lowest BCUT2D eigenvalue weighted by Crippen LogP contribution is -2.34. The molecule has 0 radical (unpaired) electrons. The minimum atomic E-state index is -0.840. The quantitative estimate of drug-likeness (QED) is 0.281. The molecule has 1 aliphatic rings. The average molecular weight is 453 g/mol. The fraction of sp³-hybridized carbons (Fsp3) is 0.520. The molecule has 0 saturated heterocycles. The summed E-state index contributed by atoms with van der Waals surface area (Å²) in [6, 6.07) is 10.3. The summed E-state index contributed by atoms with van der Waals surface area (Å²) < 4.78 is 1.98. The molecule has 0 unspecified atom stereocenters. The number of aliphatic hydroxyl groups excluding tert-OH is 2. The van der Waals surface area contributed by atoms with Crippen molar-refractivity contribution in [2.75, 3.05) is 31.9 Å². The third-order valence-electron chi connectivity index (χ3n) is 6.77. The molecule has 0 aliphatic heterocycles. The molecule has 0 bridgehead atoms. The number of nitrogens with zero attached hydrogens (tertiary/aromatic N) is 3. The number of nitrogens with two attached hydrogens (primary N) is 1. The van der Waals surface area contributed by atoms with Gasteiger partial charge in [0.15, 0.2) is 0 Å². The molecule has 1 saturated carbocycles. The normalized spacial score (nSPS) is 22.9. The van der Waals surface area contributed by atoms with Crippen LogP contribution in [0.3, 0.4) is 0 Å². The van der Waals surface area contributed by atoms with E-state index in [9.17, 15) is 10.2 Å². The lowest BCUT2D eigenvalue weighted by Gasteiger charge is -2.19. The molecular weight excluding hydrogens is 416 g/mol. The minimum absolute atomic E-state index is 0.0160. The summed E-state index contributed by atoms with van der Waals surface area (Å²) in [6.07, 6.45) is 5.39. The molecule has 1 fully saturated rings. The minimum Gasteiger partial charge on any atom is -0.390 e. The second-order valence-electron chi connectivity index (χ2n) is 8.96. The zero-order valence-corrected chi connectivity index (χ0v) is 19.3. The van der Waals surface area contributed by atoms with E-state index in [0.29, 0.717) is 18.8 Å². The Kier molecular flexibility index (Phi) is 7.93. The summed E-state index contributed by atoms with van der Waals surface area (Å²) in [5, 5.41) is 29.3. The van der Waals surface area contributed by atoms with E-state index in [1.54, 1.807) is 0 Å². The van der Waals surface area contributed by atoms with E-state index >= 15 is 0 Å². The molecule has 0 spiro atoms. The van der Waals surface area contributed by atoms with E-state index in [-0.39, 0.29) is 12.0 Å². The van der Waals surface area contributed by atoms with Crippen LogP contribution in [0.25, 0.3) is 11.0 Å². The summed E-state index contributed by atoms with van der Waals surface area (Å²) in [6.45, 7) is 5.54. The Bertz CT molecular complexity index is 1020. The maximum Gasteiger partial charge on any atom is 0.146 e. The highest BCUT2D eigenvalue weighted by molar-refractivity contribution is 5.89. The van der Waals surface area contributed by atoms with Crippen LogP contribution in [0, 0.1) is 5.92 Å². The Morgan fingerprint density at radius 3 is 2.64 bits per heavy atom. The van der Waals surface area contributed by atoms with Gasteiger partial charge in [0.05, 0.1) is 17.5 Å². The summed E-state index contributed by atoms with van der Waals surface area (Å²) in [5.74, 6) is 0.442. The molecule has 2 aromatic heterocycles. The molecule has 8 heteroatoms. The number of fused-ring (bicyclic) bond motifs is 1. The number of hydrogen-bond donors (Lipinski definition) is 5. The molecule has 1 aromatic carbocycles. The van der Waals surface area contributed by atoms with Gasteiger partial charge in [0, 0.05) is 18.7 Å². The first-order chi connectivity index (χ1) is 16.1. The van der Waals surface area contributed by atoms with Gasteiger partial charge in [-0.25, -0.2) is 9.97 Å². The largest absolute Gasteiger partial charge is 0.390 e. The number of nitrogens with one attached hydrogen (secondary N) is 2. The SMILES string of the molecule is CCc1cn([C@H]2C[C@@H](CNCCCNCCc3ccccc3)[C@H](O)[C@@H]2O)c2ncnc(N)c12. The van der Waals surface area contributed by atoms with Crippen molar-refractivity contribution in [2.24, 2.45) is 5.92 Å². The second-order valence-corrected chi connectivity index (χ2v) is 8.96. The number of aryl methyl sites for hydroxylation is 1. The maximum atomic E-state index is 10.8. The molecule has 6 N–H and O–H groups in total. The van der Waals surface area contributed by atoms with E-state index in [0.717, 1.165) is 55.5 Å². The van der Waals surface area contributed by atoms with Crippen molar-refractivity contribution < 1.29 is 10.2 Å². The third-order valence-corrected chi connectivity index (χ3v) is 6.77. The first-order valence-electron chi connectivity index (χ1n) is 12.0. The zero-order chi connectivity index (χ0) is 23.2. The number of hydrogen-bond acceptors (Lipinski definition) is 7. The summed E-state index contributed by atoms with van der Waals surface area (Å²) in [7, 11) is 0. The summed E-state index contributed by atoms with van der Waals surface area (Å²) in [4.78, 5) is 8.55. The summed E-state index contributed by atoms with van der Waals surface area (Å²) >= 11 is 0. The van der Waals surface area contributed by atoms with Gasteiger partial charge in [0.1, 0.15) is 23.9 Å². The van der Waals surface area contributed by atoms with Crippen LogP contribution in [0.5, 0.6) is 0 Å². The van der Waals surface area contributed by atoms with Crippen LogP contribution in [-0.2, 0) is 12.8 Å². The molecule has 4 rings (SSSR count). The number of nitrogen functional groups attached to an aromatic ring is 1. The van der Waals surface area contributed by atoms with Crippen molar-refractivity contribution in [1.82, 2.24) is 25.2 Å². The van der Waals surface area contributed by atoms with Crippen molar-refractivity contribution in [3.05, 3.63) is 54.0 Å². The molecule has 1 aliphatic carbocycles. The van der Waals surface area contributed by atoms with E-state index in [1.165, 1.54) is 11.9 Å². The predicted molar refractivity (Wildman–Crippen MR) is 131 cm³/mol. The van der Waals surface area contributed by atoms with Gasteiger partial charge in [0.2, 0.25) is 0 Å². The van der Waals surface area contributed by atoms with Crippen LogP contribution in [0.4, 0.5) is 5.82 Å². The number of benzene rings is 1. The van der Waals surface area contributed by atoms with E-state index in [1.807, 2.05) is 16.8 Å². The van der Waals surface area contributed by atoms with Crippen molar-refractivity contribution >= 4 is 16.9 Å². The molecule has 0 amide bonds. The number of anilines is 1. The van der Waals surface area contributed by atoms with Gasteiger partial charge in [-0.1, -0.05) is 37.3 Å².